The molecule has 1 aliphatic rings. The van der Waals surface area contributed by atoms with E-state index in [4.69, 9.17) is 0 Å². The summed E-state index contributed by atoms with van der Waals surface area (Å²) in [4.78, 5) is 12.7. The Labute approximate surface area is 155 Å². The van der Waals surface area contributed by atoms with Crippen molar-refractivity contribution in [2.75, 3.05) is 26.7 Å². The monoisotopic (exact) mass is 437 g/mol. The van der Waals surface area contributed by atoms with Crippen molar-refractivity contribution < 1.29 is 0 Å². The number of likely N-dealkylation sites (tertiary alicyclic amines) is 1. The van der Waals surface area contributed by atoms with Crippen molar-refractivity contribution in [3.63, 3.8) is 0 Å². The molecule has 5 nitrogen and oxygen atoms in total. The number of aliphatic imine (C=N–C) groups is 1. The fourth-order valence-corrected chi connectivity index (χ4v) is 3.63. The van der Waals surface area contributed by atoms with Crippen molar-refractivity contribution in [3.8, 4) is 0 Å². The summed E-state index contributed by atoms with van der Waals surface area (Å²) in [6.07, 6.45) is 2.59. The van der Waals surface area contributed by atoms with Gasteiger partial charge in [-0.3, -0.25) is 9.89 Å². The molecule has 0 spiro atoms. The van der Waals surface area contributed by atoms with Gasteiger partial charge in [0, 0.05) is 24.5 Å². The number of guanidine groups is 1. The Kier molecular flexibility index (Phi) is 8.63. The van der Waals surface area contributed by atoms with Crippen LogP contribution in [0.3, 0.4) is 0 Å². The Balaban J connectivity index is 0.00000242. The molecule has 0 saturated carbocycles. The summed E-state index contributed by atoms with van der Waals surface area (Å²) in [6, 6.07) is 0.637. The van der Waals surface area contributed by atoms with Crippen LogP contribution in [0.5, 0.6) is 0 Å². The van der Waals surface area contributed by atoms with Gasteiger partial charge >= 0.3 is 0 Å². The maximum atomic E-state index is 4.54. The molecule has 2 N–H and O–H groups in total. The van der Waals surface area contributed by atoms with Gasteiger partial charge in [-0.25, -0.2) is 4.98 Å². The molecular weight excluding hydrogens is 409 g/mol. The average molecular weight is 437 g/mol. The molecule has 0 amide bonds. The number of aryl methyl sites for hydroxylation is 2. The summed E-state index contributed by atoms with van der Waals surface area (Å²) in [7, 11) is 1.82. The standard InChI is InChI=1S/C15H27N5S.HI/c1-5-20-8-6-7-13(20)9-17-15(16-4)18-10-14-19-11(2)12(3)21-14;/h13H,5-10H2,1-4H3,(H2,16,17,18);1H. The highest BCUT2D eigenvalue weighted by Gasteiger charge is 2.22. The lowest BCUT2D eigenvalue weighted by Gasteiger charge is -2.23. The molecule has 0 radical (unpaired) electrons. The second kappa shape index (κ2) is 9.67. The molecule has 1 atom stereocenters. The average Bonchev–Trinajstić information content (AvgIpc) is 3.06. The van der Waals surface area contributed by atoms with Crippen molar-refractivity contribution in [3.05, 3.63) is 15.6 Å². The number of hydrogen-bond acceptors (Lipinski definition) is 4. The van der Waals surface area contributed by atoms with Crippen LogP contribution in [0.1, 0.15) is 35.3 Å². The molecule has 0 bridgehead atoms. The van der Waals surface area contributed by atoms with Crippen molar-refractivity contribution in [2.24, 2.45) is 4.99 Å². The minimum atomic E-state index is 0. The van der Waals surface area contributed by atoms with Crippen LogP contribution in [0.2, 0.25) is 0 Å². The van der Waals surface area contributed by atoms with Crippen LogP contribution in [0.4, 0.5) is 0 Å². The van der Waals surface area contributed by atoms with Crippen LogP contribution >= 0.6 is 35.3 Å². The van der Waals surface area contributed by atoms with Gasteiger partial charge in [-0.1, -0.05) is 6.92 Å². The maximum Gasteiger partial charge on any atom is 0.191 e. The zero-order valence-corrected chi connectivity index (χ0v) is 17.1. The number of hydrogen-bond donors (Lipinski definition) is 2. The SMILES string of the molecule is CCN1CCCC1CNC(=NC)NCc1nc(C)c(C)s1.I. The highest BCUT2D eigenvalue weighted by Crippen LogP contribution is 2.16. The van der Waals surface area contributed by atoms with Gasteiger partial charge in [0.25, 0.3) is 0 Å². The third kappa shape index (κ3) is 5.34. The van der Waals surface area contributed by atoms with Crippen molar-refractivity contribution >= 4 is 41.3 Å². The molecule has 0 aromatic carbocycles. The molecular formula is C15H28IN5S. The Morgan fingerprint density at radius 3 is 2.77 bits per heavy atom. The number of nitrogens with one attached hydrogen (secondary N) is 2. The minimum absolute atomic E-state index is 0. The van der Waals surface area contributed by atoms with E-state index in [1.807, 2.05) is 7.05 Å². The first-order chi connectivity index (χ1) is 10.1. The Morgan fingerprint density at radius 1 is 1.41 bits per heavy atom. The topological polar surface area (TPSA) is 52.5 Å². The molecule has 0 aliphatic carbocycles. The predicted octanol–water partition coefficient (Wildman–Crippen LogP) is 2.53. The van der Waals surface area contributed by atoms with E-state index in [1.54, 1.807) is 11.3 Å². The molecule has 2 heterocycles. The van der Waals surface area contributed by atoms with E-state index in [0.29, 0.717) is 6.04 Å². The van der Waals surface area contributed by atoms with Gasteiger partial charge in [-0.15, -0.1) is 35.3 Å². The van der Waals surface area contributed by atoms with Gasteiger partial charge in [0.2, 0.25) is 0 Å². The Morgan fingerprint density at radius 2 is 2.18 bits per heavy atom. The zero-order valence-electron chi connectivity index (χ0n) is 14.0. The molecule has 1 unspecified atom stereocenters. The van der Waals surface area contributed by atoms with Crippen LogP contribution in [-0.2, 0) is 6.54 Å². The van der Waals surface area contributed by atoms with E-state index in [-0.39, 0.29) is 24.0 Å². The lowest BCUT2D eigenvalue weighted by Crippen LogP contribution is -2.44. The minimum Gasteiger partial charge on any atom is -0.355 e. The zero-order chi connectivity index (χ0) is 15.2. The smallest absolute Gasteiger partial charge is 0.191 e. The van der Waals surface area contributed by atoms with E-state index in [2.05, 4.69) is 46.3 Å². The first-order valence-electron chi connectivity index (χ1n) is 7.75. The molecule has 1 aromatic heterocycles. The quantitative estimate of drug-likeness (QED) is 0.423. The molecule has 1 aromatic rings. The van der Waals surface area contributed by atoms with E-state index in [1.165, 1.54) is 24.3 Å². The lowest BCUT2D eigenvalue weighted by atomic mass is 10.2. The third-order valence-electron chi connectivity index (χ3n) is 4.11. The van der Waals surface area contributed by atoms with Crippen LogP contribution in [-0.4, -0.2) is 48.6 Å². The summed E-state index contributed by atoms with van der Waals surface area (Å²) in [5, 5.41) is 7.91. The summed E-state index contributed by atoms with van der Waals surface area (Å²) in [5.41, 5.74) is 1.13. The molecule has 1 aliphatic heterocycles. The molecule has 7 heteroatoms. The molecule has 1 fully saturated rings. The van der Waals surface area contributed by atoms with Crippen molar-refractivity contribution in [2.45, 2.75) is 46.2 Å². The van der Waals surface area contributed by atoms with Crippen molar-refractivity contribution in [1.29, 1.82) is 0 Å². The van der Waals surface area contributed by atoms with Crippen LogP contribution < -0.4 is 10.6 Å². The van der Waals surface area contributed by atoms with Gasteiger partial charge in [-0.05, 0) is 39.8 Å². The first-order valence-corrected chi connectivity index (χ1v) is 8.57. The van der Waals surface area contributed by atoms with Gasteiger partial charge in [-0.2, -0.15) is 0 Å². The van der Waals surface area contributed by atoms with Crippen LogP contribution in [0.15, 0.2) is 4.99 Å². The van der Waals surface area contributed by atoms with Crippen LogP contribution in [0, 0.1) is 13.8 Å². The highest BCUT2D eigenvalue weighted by molar-refractivity contribution is 14.0. The van der Waals surface area contributed by atoms with Gasteiger partial charge in [0.05, 0.1) is 12.2 Å². The number of thiazole rings is 1. The highest BCUT2D eigenvalue weighted by atomic mass is 127. The van der Waals surface area contributed by atoms with Gasteiger partial charge in [0.15, 0.2) is 5.96 Å². The normalized spacial score (nSPS) is 19.1. The summed E-state index contributed by atoms with van der Waals surface area (Å²) in [6.45, 7) is 10.5. The maximum absolute atomic E-state index is 4.54. The Bertz CT molecular complexity index is 469. The van der Waals surface area contributed by atoms with Gasteiger partial charge < -0.3 is 10.6 Å². The molecule has 2 rings (SSSR count). The number of rotatable bonds is 5. The lowest BCUT2D eigenvalue weighted by molar-refractivity contribution is 0.267. The largest absolute Gasteiger partial charge is 0.355 e. The van der Waals surface area contributed by atoms with Crippen LogP contribution in [0.25, 0.3) is 0 Å². The summed E-state index contributed by atoms with van der Waals surface area (Å²) >= 11 is 1.75. The molecule has 126 valence electrons. The van der Waals surface area contributed by atoms with Crippen molar-refractivity contribution in [1.82, 2.24) is 20.5 Å². The molecule has 22 heavy (non-hydrogen) atoms. The van der Waals surface area contributed by atoms with E-state index in [9.17, 15) is 0 Å². The van der Waals surface area contributed by atoms with Gasteiger partial charge in [0.1, 0.15) is 5.01 Å². The fraction of sp³-hybridized carbons (Fsp3) is 0.733. The van der Waals surface area contributed by atoms with E-state index in [0.717, 1.165) is 36.3 Å². The number of likely N-dealkylation sites (N-methyl/N-ethyl adjacent to an activating group) is 1. The summed E-state index contributed by atoms with van der Waals surface area (Å²) in [5.74, 6) is 0.864. The summed E-state index contributed by atoms with van der Waals surface area (Å²) < 4.78 is 0. The first kappa shape index (κ1) is 19.6. The van der Waals surface area contributed by atoms with E-state index >= 15 is 0 Å². The predicted molar refractivity (Wildman–Crippen MR) is 105 cm³/mol. The fourth-order valence-electron chi connectivity index (χ4n) is 2.75. The molecule has 1 saturated heterocycles. The number of nitrogens with zero attached hydrogens (tertiary/aromatic N) is 3. The second-order valence-electron chi connectivity index (χ2n) is 5.48. The third-order valence-corrected chi connectivity index (χ3v) is 5.19. The van der Waals surface area contributed by atoms with E-state index < -0.39 is 0 Å². The second-order valence-corrected chi connectivity index (χ2v) is 6.77. The Hall–Kier alpha value is -0.410. The number of aromatic nitrogens is 1. The number of halogens is 1.